The Bertz CT molecular complexity index is 1190. The molecule has 1 N–H and O–H groups in total. The van der Waals surface area contributed by atoms with Crippen LogP contribution in [-0.4, -0.2) is 41.6 Å². The Balaban J connectivity index is 1.46. The number of hydrogen-bond acceptors (Lipinski definition) is 5. The molecule has 9 heteroatoms. The second-order valence-corrected chi connectivity index (χ2v) is 9.06. The van der Waals surface area contributed by atoms with Gasteiger partial charge < -0.3 is 15.1 Å². The van der Waals surface area contributed by atoms with Crippen molar-refractivity contribution in [3.8, 4) is 0 Å². The van der Waals surface area contributed by atoms with Crippen LogP contribution in [0, 0.1) is 5.92 Å². The maximum absolute atomic E-state index is 13.6. The van der Waals surface area contributed by atoms with Gasteiger partial charge in [0.25, 0.3) is 0 Å². The Hall–Kier alpha value is -3.62. The predicted octanol–water partition coefficient (Wildman–Crippen LogP) is 4.24. The first kappa shape index (κ1) is 23.1. The maximum atomic E-state index is 13.6. The fourth-order valence-corrected chi connectivity index (χ4v) is 5.11. The van der Waals surface area contributed by atoms with Gasteiger partial charge in [-0.25, -0.2) is 4.98 Å². The number of benzene rings is 2. The van der Waals surface area contributed by atoms with Crippen LogP contribution in [0.25, 0.3) is 0 Å². The molecule has 6 nitrogen and oxygen atoms in total. The summed E-state index contributed by atoms with van der Waals surface area (Å²) in [5, 5.41) is 3.09. The smallest absolute Gasteiger partial charge is 0.364 e. The van der Waals surface area contributed by atoms with Gasteiger partial charge in [0.15, 0.2) is 0 Å². The summed E-state index contributed by atoms with van der Waals surface area (Å²) in [5.41, 5.74) is 1.60. The van der Waals surface area contributed by atoms with Gasteiger partial charge in [-0.2, -0.15) is 13.2 Å². The molecule has 5 rings (SSSR count). The molecule has 2 aliphatic heterocycles. The predicted molar refractivity (Wildman–Crippen MR) is 127 cm³/mol. The molecule has 0 radical (unpaired) electrons. The number of halogens is 3. The van der Waals surface area contributed by atoms with E-state index in [-0.39, 0.29) is 24.4 Å². The van der Waals surface area contributed by atoms with E-state index >= 15 is 0 Å². The average Bonchev–Trinajstić information content (AvgIpc) is 2.88. The zero-order valence-corrected chi connectivity index (χ0v) is 19.2. The fraction of sp³-hybridized carbons (Fsp3) is 0.346. The van der Waals surface area contributed by atoms with Crippen molar-refractivity contribution in [1.82, 2.24) is 15.3 Å². The third-order valence-corrected chi connectivity index (χ3v) is 6.91. The molecule has 35 heavy (non-hydrogen) atoms. The highest BCUT2D eigenvalue weighted by Gasteiger charge is 2.43. The number of nitrogens with one attached hydrogen (secondary N) is 1. The number of amides is 1. The average molecular weight is 482 g/mol. The molecule has 0 bridgehead atoms. The third-order valence-electron chi connectivity index (χ3n) is 6.91. The van der Waals surface area contributed by atoms with Gasteiger partial charge in [0.05, 0.1) is 29.8 Å². The first-order valence-corrected chi connectivity index (χ1v) is 11.6. The quantitative estimate of drug-likeness (QED) is 0.604. The Morgan fingerprint density at radius 2 is 1.91 bits per heavy atom. The van der Waals surface area contributed by atoms with E-state index in [1.807, 2.05) is 37.3 Å². The number of carbonyl (C=O) groups is 1. The molecule has 0 aliphatic carbocycles. The molecular weight excluding hydrogens is 455 g/mol. The Morgan fingerprint density at radius 3 is 2.63 bits per heavy atom. The number of aromatic nitrogens is 2. The van der Waals surface area contributed by atoms with Gasteiger partial charge in [0.1, 0.15) is 5.82 Å². The summed E-state index contributed by atoms with van der Waals surface area (Å²) in [6.45, 7) is 3.63. The van der Waals surface area contributed by atoms with Crippen LogP contribution in [0.1, 0.15) is 29.7 Å². The van der Waals surface area contributed by atoms with E-state index in [2.05, 4.69) is 25.1 Å². The van der Waals surface area contributed by atoms with Crippen molar-refractivity contribution in [2.24, 2.45) is 5.92 Å². The van der Waals surface area contributed by atoms with Crippen LogP contribution >= 0.6 is 0 Å². The number of piperazine rings is 1. The first-order chi connectivity index (χ1) is 16.8. The van der Waals surface area contributed by atoms with E-state index in [1.165, 1.54) is 6.07 Å². The summed E-state index contributed by atoms with van der Waals surface area (Å²) in [6, 6.07) is 13.1. The highest BCUT2D eigenvalue weighted by atomic mass is 19.4. The molecular formula is C26H26F3N5O. The lowest BCUT2D eigenvalue weighted by Crippen LogP contribution is -2.61. The standard InChI is InChI=1S/C26H26F3N5O/c1-17(18-5-3-2-4-6-18)32-25(35)21-14-19-13-20(26(27,28)29)7-8-22(19)34-12-11-33(16-23(21)34)24-15-30-9-10-31-24/h2-10,13,15,17,21,23H,11-12,14,16H2,1H3,(H,32,35). The zero-order valence-electron chi connectivity index (χ0n) is 19.2. The Kier molecular flexibility index (Phi) is 6.08. The highest BCUT2D eigenvalue weighted by Crippen LogP contribution is 2.40. The topological polar surface area (TPSA) is 61.4 Å². The minimum atomic E-state index is -4.43. The number of nitrogens with zero attached hydrogens (tertiary/aromatic N) is 4. The van der Waals surface area contributed by atoms with Crippen molar-refractivity contribution in [3.05, 3.63) is 83.8 Å². The number of rotatable bonds is 4. The number of fused-ring (bicyclic) bond motifs is 3. The zero-order chi connectivity index (χ0) is 24.6. The number of alkyl halides is 3. The third kappa shape index (κ3) is 4.67. The highest BCUT2D eigenvalue weighted by molar-refractivity contribution is 5.82. The molecule has 3 heterocycles. The number of carbonyl (C=O) groups excluding carboxylic acids is 1. The van der Waals surface area contributed by atoms with Gasteiger partial charge in [-0.3, -0.25) is 9.78 Å². The second kappa shape index (κ2) is 9.20. The van der Waals surface area contributed by atoms with Crippen molar-refractivity contribution < 1.29 is 18.0 Å². The molecule has 0 saturated carbocycles. The van der Waals surface area contributed by atoms with Gasteiger partial charge in [0, 0.05) is 37.7 Å². The van der Waals surface area contributed by atoms with Gasteiger partial charge >= 0.3 is 6.18 Å². The molecule has 3 aromatic rings. The van der Waals surface area contributed by atoms with Crippen molar-refractivity contribution in [3.63, 3.8) is 0 Å². The largest absolute Gasteiger partial charge is 0.416 e. The summed E-state index contributed by atoms with van der Waals surface area (Å²) >= 11 is 0. The van der Waals surface area contributed by atoms with Crippen molar-refractivity contribution >= 4 is 17.4 Å². The van der Waals surface area contributed by atoms with Crippen molar-refractivity contribution in [1.29, 1.82) is 0 Å². The molecule has 1 aromatic heterocycles. The summed E-state index contributed by atoms with van der Waals surface area (Å²) in [6.07, 6.45) is 0.727. The second-order valence-electron chi connectivity index (χ2n) is 9.06. The summed E-state index contributed by atoms with van der Waals surface area (Å²) in [7, 11) is 0. The lowest BCUT2D eigenvalue weighted by molar-refractivity contribution is -0.137. The SMILES string of the molecule is CC(NC(=O)C1Cc2cc(C(F)(F)F)ccc2N2CCN(c3cnccn3)CC12)c1ccccc1. The van der Waals surface area contributed by atoms with Crippen molar-refractivity contribution in [2.75, 3.05) is 29.4 Å². The van der Waals surface area contributed by atoms with E-state index < -0.39 is 17.7 Å². The normalized spacial score (nSPS) is 20.6. The molecule has 3 unspecified atom stereocenters. The summed E-state index contributed by atoms with van der Waals surface area (Å²) < 4.78 is 40.3. The minimum Gasteiger partial charge on any atom is -0.364 e. The minimum absolute atomic E-state index is 0.166. The van der Waals surface area contributed by atoms with Gasteiger partial charge in [-0.15, -0.1) is 0 Å². The Labute approximate surface area is 201 Å². The molecule has 1 saturated heterocycles. The molecule has 182 valence electrons. The van der Waals surface area contributed by atoms with E-state index in [0.717, 1.165) is 23.1 Å². The lowest BCUT2D eigenvalue weighted by Gasteiger charge is -2.49. The molecule has 3 atom stereocenters. The summed E-state index contributed by atoms with van der Waals surface area (Å²) in [4.78, 5) is 26.3. The monoisotopic (exact) mass is 481 g/mol. The van der Waals surface area contributed by atoms with Gasteiger partial charge in [0.2, 0.25) is 5.91 Å². The number of anilines is 2. The molecule has 1 amide bonds. The van der Waals surface area contributed by atoms with Crippen LogP contribution < -0.4 is 15.1 Å². The van der Waals surface area contributed by atoms with Crippen LogP contribution in [0.5, 0.6) is 0 Å². The van der Waals surface area contributed by atoms with E-state index in [1.54, 1.807) is 24.7 Å². The fourth-order valence-electron chi connectivity index (χ4n) is 5.11. The number of hydrogen-bond donors (Lipinski definition) is 1. The molecule has 2 aliphatic rings. The van der Waals surface area contributed by atoms with Crippen LogP contribution in [0.15, 0.2) is 67.1 Å². The molecule has 2 aromatic carbocycles. The van der Waals surface area contributed by atoms with Crippen LogP contribution in [0.2, 0.25) is 0 Å². The Morgan fingerprint density at radius 1 is 1.11 bits per heavy atom. The van der Waals surface area contributed by atoms with E-state index in [4.69, 9.17) is 0 Å². The first-order valence-electron chi connectivity index (χ1n) is 11.6. The molecule has 0 spiro atoms. The lowest BCUT2D eigenvalue weighted by atomic mass is 9.82. The van der Waals surface area contributed by atoms with Crippen LogP contribution in [0.4, 0.5) is 24.7 Å². The maximum Gasteiger partial charge on any atom is 0.416 e. The van der Waals surface area contributed by atoms with E-state index in [9.17, 15) is 18.0 Å². The van der Waals surface area contributed by atoms with Gasteiger partial charge in [-0.05, 0) is 42.7 Å². The van der Waals surface area contributed by atoms with Crippen LogP contribution in [-0.2, 0) is 17.4 Å². The van der Waals surface area contributed by atoms with Gasteiger partial charge in [-0.1, -0.05) is 30.3 Å². The molecule has 1 fully saturated rings. The summed E-state index contributed by atoms with van der Waals surface area (Å²) in [5.74, 6) is 0.0409. The van der Waals surface area contributed by atoms with Crippen molar-refractivity contribution in [2.45, 2.75) is 31.6 Å². The van der Waals surface area contributed by atoms with Crippen LogP contribution in [0.3, 0.4) is 0 Å². The van der Waals surface area contributed by atoms with E-state index in [0.29, 0.717) is 25.2 Å².